The van der Waals surface area contributed by atoms with Crippen LogP contribution < -0.4 is 0 Å². The van der Waals surface area contributed by atoms with Crippen LogP contribution in [-0.2, 0) is 17.5 Å². The van der Waals surface area contributed by atoms with Gasteiger partial charge in [0, 0.05) is 54.1 Å². The van der Waals surface area contributed by atoms with Crippen molar-refractivity contribution in [3.63, 3.8) is 0 Å². The second-order valence-electron chi connectivity index (χ2n) is 7.76. The van der Waals surface area contributed by atoms with E-state index in [0.29, 0.717) is 30.1 Å². The molecule has 4 rings (SSSR count). The van der Waals surface area contributed by atoms with Gasteiger partial charge in [0.1, 0.15) is 0 Å². The van der Waals surface area contributed by atoms with Crippen molar-refractivity contribution in [1.29, 1.82) is 0 Å². The van der Waals surface area contributed by atoms with E-state index in [1.807, 2.05) is 30.0 Å². The zero-order chi connectivity index (χ0) is 21.5. The highest BCUT2D eigenvalue weighted by molar-refractivity contribution is 5.85. The average molecular weight is 418 g/mol. The molecule has 1 aliphatic rings. The molecule has 0 atom stereocenters. The number of alkyl halides is 3. The van der Waals surface area contributed by atoms with Crippen LogP contribution in [0.2, 0.25) is 0 Å². The number of aryl methyl sites for hydroxylation is 1. The average Bonchev–Trinajstić information content (AvgIpc) is 3.36. The summed E-state index contributed by atoms with van der Waals surface area (Å²) in [6.45, 7) is 5.53. The van der Waals surface area contributed by atoms with Gasteiger partial charge in [0.15, 0.2) is 5.69 Å². The van der Waals surface area contributed by atoms with Gasteiger partial charge in [-0.25, -0.2) is 0 Å². The number of halogens is 3. The van der Waals surface area contributed by atoms with E-state index in [0.717, 1.165) is 48.6 Å². The summed E-state index contributed by atoms with van der Waals surface area (Å²) in [5, 5.41) is 4.68. The van der Waals surface area contributed by atoms with Crippen LogP contribution in [0.1, 0.15) is 50.4 Å². The third kappa shape index (κ3) is 3.82. The van der Waals surface area contributed by atoms with Crippen LogP contribution in [-0.4, -0.2) is 38.7 Å². The highest BCUT2D eigenvalue weighted by atomic mass is 19.4. The Morgan fingerprint density at radius 1 is 1.17 bits per heavy atom. The summed E-state index contributed by atoms with van der Waals surface area (Å²) in [7, 11) is 0. The van der Waals surface area contributed by atoms with Crippen molar-refractivity contribution in [2.75, 3.05) is 13.1 Å². The molecule has 0 aliphatic carbocycles. The number of carbonyl (C=O) groups excluding carboxylic acids is 1. The van der Waals surface area contributed by atoms with Crippen molar-refractivity contribution in [2.24, 2.45) is 0 Å². The molecule has 2 aromatic heterocycles. The van der Waals surface area contributed by atoms with Crippen LogP contribution in [0, 0.1) is 0 Å². The zero-order valence-electron chi connectivity index (χ0n) is 17.1. The number of H-pyrrole nitrogens is 1. The number of likely N-dealkylation sites (tertiary alicyclic amines) is 1. The molecule has 5 nitrogen and oxygen atoms in total. The Morgan fingerprint density at radius 3 is 2.53 bits per heavy atom. The first-order valence-corrected chi connectivity index (χ1v) is 10.4. The highest BCUT2D eigenvalue weighted by Crippen LogP contribution is 2.34. The van der Waals surface area contributed by atoms with Gasteiger partial charge in [-0.3, -0.25) is 9.48 Å². The van der Waals surface area contributed by atoms with Gasteiger partial charge in [0.25, 0.3) is 0 Å². The molecule has 3 aromatic rings. The summed E-state index contributed by atoms with van der Waals surface area (Å²) >= 11 is 0. The first kappa shape index (κ1) is 20.5. The van der Waals surface area contributed by atoms with Crippen LogP contribution >= 0.6 is 0 Å². The van der Waals surface area contributed by atoms with Crippen molar-refractivity contribution in [3.8, 4) is 11.3 Å². The first-order chi connectivity index (χ1) is 14.3. The number of benzene rings is 1. The minimum absolute atomic E-state index is 0.195. The predicted octanol–water partition coefficient (Wildman–Crippen LogP) is 5.19. The normalized spacial score (nSPS) is 15.8. The third-order valence-corrected chi connectivity index (χ3v) is 5.90. The van der Waals surface area contributed by atoms with Crippen LogP contribution in [0.15, 0.2) is 30.3 Å². The third-order valence-electron chi connectivity index (χ3n) is 5.90. The second kappa shape index (κ2) is 7.81. The van der Waals surface area contributed by atoms with Gasteiger partial charge >= 0.3 is 6.18 Å². The number of nitrogens with one attached hydrogen (secondary N) is 1. The van der Waals surface area contributed by atoms with Gasteiger partial charge in [-0.2, -0.15) is 18.3 Å². The highest BCUT2D eigenvalue weighted by Gasteiger charge is 2.35. The van der Waals surface area contributed by atoms with E-state index >= 15 is 0 Å². The summed E-state index contributed by atoms with van der Waals surface area (Å²) in [5.41, 5.74) is 2.37. The lowest BCUT2D eigenvalue weighted by Gasteiger charge is -2.31. The predicted molar refractivity (Wildman–Crippen MR) is 109 cm³/mol. The molecule has 1 N–H and O–H groups in total. The summed E-state index contributed by atoms with van der Waals surface area (Å²) in [4.78, 5) is 17.3. The molecular formula is C22H25F3N4O. The van der Waals surface area contributed by atoms with Gasteiger partial charge in [0.05, 0.1) is 5.69 Å². The maximum atomic E-state index is 13.1. The molecule has 1 saturated heterocycles. The van der Waals surface area contributed by atoms with Crippen LogP contribution in [0.5, 0.6) is 0 Å². The molecule has 0 unspecified atom stereocenters. The molecule has 160 valence electrons. The van der Waals surface area contributed by atoms with Crippen LogP contribution in [0.25, 0.3) is 22.2 Å². The number of fused-ring (bicyclic) bond motifs is 1. The molecule has 8 heteroatoms. The van der Waals surface area contributed by atoms with Crippen molar-refractivity contribution in [1.82, 2.24) is 19.7 Å². The minimum Gasteiger partial charge on any atom is -0.358 e. The van der Waals surface area contributed by atoms with Gasteiger partial charge < -0.3 is 9.88 Å². The SMILES string of the molecule is CCC(=O)N1CCC(c2cc3cc(-c4cc(C(F)(F)F)nn4CC)ccc3[nH]2)CC1. The number of rotatable bonds is 4. The second-order valence-corrected chi connectivity index (χ2v) is 7.76. The molecule has 30 heavy (non-hydrogen) atoms. The Kier molecular flexibility index (Phi) is 5.34. The van der Waals surface area contributed by atoms with E-state index in [1.54, 1.807) is 6.92 Å². The van der Waals surface area contributed by atoms with Crippen molar-refractivity contribution >= 4 is 16.8 Å². The summed E-state index contributed by atoms with van der Waals surface area (Å²) in [5.74, 6) is 0.542. The zero-order valence-corrected chi connectivity index (χ0v) is 17.1. The largest absolute Gasteiger partial charge is 0.435 e. The van der Waals surface area contributed by atoms with E-state index in [4.69, 9.17) is 0 Å². The number of hydrogen-bond donors (Lipinski definition) is 1. The molecule has 1 aliphatic heterocycles. The van der Waals surface area contributed by atoms with E-state index in [-0.39, 0.29) is 5.91 Å². The Bertz CT molecular complexity index is 1060. The summed E-state index contributed by atoms with van der Waals surface area (Å²) in [6, 6.07) is 8.84. The van der Waals surface area contributed by atoms with Crippen molar-refractivity contribution in [2.45, 2.75) is 51.7 Å². The molecule has 0 radical (unpaired) electrons. The molecule has 0 spiro atoms. The fourth-order valence-electron chi connectivity index (χ4n) is 4.23. The lowest BCUT2D eigenvalue weighted by atomic mass is 9.93. The topological polar surface area (TPSA) is 53.9 Å². The molecule has 1 amide bonds. The fraction of sp³-hybridized carbons (Fsp3) is 0.455. The fourth-order valence-corrected chi connectivity index (χ4v) is 4.23. The molecular weight excluding hydrogens is 393 g/mol. The number of amides is 1. The number of aromatic amines is 1. The van der Waals surface area contributed by atoms with Gasteiger partial charge in [-0.15, -0.1) is 0 Å². The number of carbonyl (C=O) groups is 1. The first-order valence-electron chi connectivity index (χ1n) is 10.4. The van der Waals surface area contributed by atoms with Crippen molar-refractivity contribution in [3.05, 3.63) is 41.7 Å². The number of aromatic nitrogens is 3. The van der Waals surface area contributed by atoms with E-state index in [1.165, 1.54) is 4.68 Å². The quantitative estimate of drug-likeness (QED) is 0.634. The lowest BCUT2D eigenvalue weighted by molar-refractivity contribution is -0.141. The number of hydrogen-bond acceptors (Lipinski definition) is 2. The summed E-state index contributed by atoms with van der Waals surface area (Å²) < 4.78 is 40.7. The molecule has 1 aromatic carbocycles. The maximum Gasteiger partial charge on any atom is 0.435 e. The number of piperidine rings is 1. The van der Waals surface area contributed by atoms with Gasteiger partial charge in [-0.05, 0) is 44.0 Å². The lowest BCUT2D eigenvalue weighted by Crippen LogP contribution is -2.37. The van der Waals surface area contributed by atoms with Gasteiger partial charge in [0.2, 0.25) is 5.91 Å². The Labute approximate surface area is 172 Å². The molecule has 3 heterocycles. The van der Waals surface area contributed by atoms with E-state index in [9.17, 15) is 18.0 Å². The standard InChI is InChI=1S/C22H25F3N4O/c1-3-21(30)28-9-7-14(8-10-28)18-12-16-11-15(5-6-17(16)26-18)19-13-20(22(23,24)25)27-29(19)4-2/h5-6,11-14,26H,3-4,7-10H2,1-2H3. The monoisotopic (exact) mass is 418 g/mol. The van der Waals surface area contributed by atoms with Gasteiger partial charge in [-0.1, -0.05) is 13.0 Å². The summed E-state index contributed by atoms with van der Waals surface area (Å²) in [6.07, 6.45) is -2.12. The smallest absolute Gasteiger partial charge is 0.358 e. The molecule has 0 bridgehead atoms. The maximum absolute atomic E-state index is 13.1. The van der Waals surface area contributed by atoms with Crippen LogP contribution in [0.3, 0.4) is 0 Å². The van der Waals surface area contributed by atoms with E-state index in [2.05, 4.69) is 16.1 Å². The Morgan fingerprint density at radius 2 is 1.90 bits per heavy atom. The van der Waals surface area contributed by atoms with E-state index < -0.39 is 11.9 Å². The number of nitrogens with zero attached hydrogens (tertiary/aromatic N) is 3. The Hall–Kier alpha value is -2.77. The molecule has 0 saturated carbocycles. The van der Waals surface area contributed by atoms with Crippen molar-refractivity contribution < 1.29 is 18.0 Å². The minimum atomic E-state index is -4.46. The van der Waals surface area contributed by atoms with Crippen LogP contribution in [0.4, 0.5) is 13.2 Å². The Balaban J connectivity index is 1.60. The molecule has 1 fully saturated rings.